The summed E-state index contributed by atoms with van der Waals surface area (Å²) in [5.74, 6) is 0.874. The molecule has 0 unspecified atom stereocenters. The Bertz CT molecular complexity index is 205. The summed E-state index contributed by atoms with van der Waals surface area (Å²) >= 11 is 0. The first-order valence-electron chi connectivity index (χ1n) is 4.19. The van der Waals surface area contributed by atoms with Gasteiger partial charge in [-0.1, -0.05) is 25.2 Å². The van der Waals surface area contributed by atoms with Gasteiger partial charge in [-0.25, -0.2) is 0 Å². The van der Waals surface area contributed by atoms with E-state index in [1.165, 1.54) is 5.57 Å². The van der Waals surface area contributed by atoms with Crippen LogP contribution >= 0.6 is 0 Å². The maximum atomic E-state index is 5.17. The molecule has 0 aliphatic carbocycles. The predicted octanol–water partition coefficient (Wildman–Crippen LogP) is 3.45. The summed E-state index contributed by atoms with van der Waals surface area (Å²) in [6.07, 6.45) is 4.91. The highest BCUT2D eigenvalue weighted by atomic mass is 16.5. The molecule has 0 heterocycles. The molecule has 0 saturated carbocycles. The third-order valence-corrected chi connectivity index (χ3v) is 1.56. The van der Waals surface area contributed by atoms with Crippen molar-refractivity contribution in [2.45, 2.75) is 27.2 Å². The summed E-state index contributed by atoms with van der Waals surface area (Å²) in [6, 6.07) is 0. The maximum absolute atomic E-state index is 5.17. The van der Waals surface area contributed by atoms with Gasteiger partial charge >= 0.3 is 0 Å². The zero-order chi connectivity index (χ0) is 9.56. The maximum Gasteiger partial charge on any atom is 0.121 e. The van der Waals surface area contributed by atoms with Crippen molar-refractivity contribution in [3.63, 3.8) is 0 Å². The number of hydrogen-bond donors (Lipinski definition) is 0. The lowest BCUT2D eigenvalue weighted by Gasteiger charge is -2.05. The van der Waals surface area contributed by atoms with Gasteiger partial charge < -0.3 is 4.74 Å². The highest BCUT2D eigenvalue weighted by molar-refractivity contribution is 5.27. The molecule has 0 N–H and O–H groups in total. The molecule has 0 spiro atoms. The Balaban J connectivity index is 4.44. The minimum atomic E-state index is 0.874. The van der Waals surface area contributed by atoms with E-state index in [1.54, 1.807) is 7.11 Å². The first kappa shape index (κ1) is 11.0. The van der Waals surface area contributed by atoms with Crippen LogP contribution in [0.4, 0.5) is 0 Å². The largest absolute Gasteiger partial charge is 0.497 e. The number of allylic oxidation sites excluding steroid dienone is 4. The van der Waals surface area contributed by atoms with Crippen molar-refractivity contribution in [3.05, 3.63) is 35.6 Å². The van der Waals surface area contributed by atoms with E-state index in [9.17, 15) is 0 Å². The lowest BCUT2D eigenvalue weighted by molar-refractivity contribution is 0.299. The summed E-state index contributed by atoms with van der Waals surface area (Å²) in [5, 5.41) is 0. The van der Waals surface area contributed by atoms with E-state index in [2.05, 4.69) is 27.4 Å². The van der Waals surface area contributed by atoms with E-state index in [1.807, 2.05) is 12.2 Å². The smallest absolute Gasteiger partial charge is 0.121 e. The van der Waals surface area contributed by atoms with Crippen LogP contribution in [0.2, 0.25) is 0 Å². The molecule has 0 bridgehead atoms. The Morgan fingerprint density at radius 1 is 1.33 bits per heavy atom. The molecule has 0 aliphatic rings. The van der Waals surface area contributed by atoms with Crippen LogP contribution in [0, 0.1) is 0 Å². The number of ether oxygens (including phenoxy) is 1. The lowest BCUT2D eigenvalue weighted by Crippen LogP contribution is -1.89. The Labute approximate surface area is 75.4 Å². The average molecular weight is 166 g/mol. The molecule has 12 heavy (non-hydrogen) atoms. The molecule has 0 atom stereocenters. The van der Waals surface area contributed by atoms with Crippen molar-refractivity contribution in [1.82, 2.24) is 0 Å². The predicted molar refractivity (Wildman–Crippen MR) is 54.0 cm³/mol. The van der Waals surface area contributed by atoms with Crippen LogP contribution in [-0.4, -0.2) is 7.11 Å². The van der Waals surface area contributed by atoms with Crippen LogP contribution in [0.3, 0.4) is 0 Å². The number of hydrogen-bond acceptors (Lipinski definition) is 1. The molecule has 0 amide bonds. The van der Waals surface area contributed by atoms with E-state index in [-0.39, 0.29) is 0 Å². The molecular formula is C11H18O. The van der Waals surface area contributed by atoms with Gasteiger partial charge in [-0.3, -0.25) is 0 Å². The zero-order valence-electron chi connectivity index (χ0n) is 8.48. The van der Waals surface area contributed by atoms with Crippen LogP contribution in [0.1, 0.15) is 27.2 Å². The molecule has 0 fully saturated rings. The molecule has 0 aromatic rings. The first-order chi connectivity index (χ1) is 5.61. The Morgan fingerprint density at radius 2 is 1.92 bits per heavy atom. The quantitative estimate of drug-likeness (QED) is 0.459. The van der Waals surface area contributed by atoms with Crippen LogP contribution in [0.15, 0.2) is 35.6 Å². The molecule has 0 rings (SSSR count). The summed E-state index contributed by atoms with van der Waals surface area (Å²) in [7, 11) is 1.67. The molecule has 68 valence electrons. The van der Waals surface area contributed by atoms with Gasteiger partial charge in [0, 0.05) is 0 Å². The topological polar surface area (TPSA) is 9.23 Å². The molecule has 0 saturated heterocycles. The normalized spacial score (nSPS) is 10.8. The van der Waals surface area contributed by atoms with Crippen molar-refractivity contribution in [3.8, 4) is 0 Å². The molecule has 1 heteroatoms. The van der Waals surface area contributed by atoms with E-state index < -0.39 is 0 Å². The van der Waals surface area contributed by atoms with Crippen molar-refractivity contribution in [2.75, 3.05) is 7.11 Å². The van der Waals surface area contributed by atoms with Gasteiger partial charge in [0.15, 0.2) is 0 Å². The number of methoxy groups -OCH3 is 1. The summed E-state index contributed by atoms with van der Waals surface area (Å²) in [5.41, 5.74) is 2.29. The Hall–Kier alpha value is -0.980. The van der Waals surface area contributed by atoms with Gasteiger partial charge in [0.25, 0.3) is 0 Å². The fourth-order valence-corrected chi connectivity index (χ4v) is 0.747. The van der Waals surface area contributed by atoms with E-state index in [0.29, 0.717) is 0 Å². The summed E-state index contributed by atoms with van der Waals surface area (Å²) in [6.45, 7) is 10.1. The van der Waals surface area contributed by atoms with Gasteiger partial charge in [0.05, 0.1) is 7.11 Å². The van der Waals surface area contributed by atoms with E-state index >= 15 is 0 Å². The third-order valence-electron chi connectivity index (χ3n) is 1.56. The fraction of sp³-hybridized carbons (Fsp3) is 0.455. The molecular weight excluding hydrogens is 148 g/mol. The van der Waals surface area contributed by atoms with Crippen molar-refractivity contribution in [1.29, 1.82) is 0 Å². The van der Waals surface area contributed by atoms with Crippen LogP contribution in [0.5, 0.6) is 0 Å². The van der Waals surface area contributed by atoms with E-state index in [4.69, 9.17) is 4.74 Å². The van der Waals surface area contributed by atoms with Gasteiger partial charge in [-0.2, -0.15) is 0 Å². The Kier molecular flexibility index (Phi) is 5.18. The third kappa shape index (κ3) is 4.02. The molecule has 0 aromatic carbocycles. The van der Waals surface area contributed by atoms with Crippen LogP contribution < -0.4 is 0 Å². The first-order valence-corrected chi connectivity index (χ1v) is 4.19. The second-order valence-corrected chi connectivity index (χ2v) is 2.94. The second kappa shape index (κ2) is 5.64. The van der Waals surface area contributed by atoms with Crippen LogP contribution in [0.25, 0.3) is 0 Å². The van der Waals surface area contributed by atoms with E-state index in [0.717, 1.165) is 17.8 Å². The van der Waals surface area contributed by atoms with Gasteiger partial charge in [-0.15, -0.1) is 0 Å². The minimum absolute atomic E-state index is 0.874. The molecule has 1 nitrogen and oxygen atoms in total. The highest BCUT2D eigenvalue weighted by Crippen LogP contribution is 2.12. The molecule has 0 radical (unpaired) electrons. The fourth-order valence-electron chi connectivity index (χ4n) is 0.747. The molecule has 0 aromatic heterocycles. The summed E-state index contributed by atoms with van der Waals surface area (Å²) in [4.78, 5) is 0. The van der Waals surface area contributed by atoms with Gasteiger partial charge in [0.1, 0.15) is 5.76 Å². The number of rotatable bonds is 4. The zero-order valence-corrected chi connectivity index (χ0v) is 8.48. The summed E-state index contributed by atoms with van der Waals surface area (Å²) < 4.78 is 5.17. The van der Waals surface area contributed by atoms with Gasteiger partial charge in [-0.05, 0) is 31.9 Å². The molecule has 0 aliphatic heterocycles. The highest BCUT2D eigenvalue weighted by Gasteiger charge is 1.97. The SMILES string of the molecule is C=C(CC)/C(=C\C=C(C)C)OC. The van der Waals surface area contributed by atoms with Crippen molar-refractivity contribution in [2.24, 2.45) is 0 Å². The average Bonchev–Trinajstić information content (AvgIpc) is 2.04. The standard InChI is InChI=1S/C11H18O/c1-6-10(4)11(12-5)8-7-9(2)3/h7-8H,4,6H2,1-3,5H3/b11-8+. The lowest BCUT2D eigenvalue weighted by atomic mass is 10.2. The van der Waals surface area contributed by atoms with Crippen LogP contribution in [-0.2, 0) is 4.74 Å². The van der Waals surface area contributed by atoms with Crippen molar-refractivity contribution >= 4 is 0 Å². The second-order valence-electron chi connectivity index (χ2n) is 2.94. The van der Waals surface area contributed by atoms with Crippen molar-refractivity contribution < 1.29 is 4.74 Å². The van der Waals surface area contributed by atoms with Gasteiger partial charge in [0.2, 0.25) is 0 Å². The Morgan fingerprint density at radius 3 is 2.25 bits per heavy atom. The monoisotopic (exact) mass is 166 g/mol. The minimum Gasteiger partial charge on any atom is -0.497 e.